The highest BCUT2D eigenvalue weighted by molar-refractivity contribution is 6.34. The second-order valence-corrected chi connectivity index (χ2v) is 4.62. The van der Waals surface area contributed by atoms with Crippen molar-refractivity contribution in [3.05, 3.63) is 64.7 Å². The van der Waals surface area contributed by atoms with Crippen LogP contribution in [0.3, 0.4) is 0 Å². The molecule has 0 bridgehead atoms. The van der Waals surface area contributed by atoms with E-state index in [0.29, 0.717) is 5.69 Å². The first-order chi connectivity index (χ1) is 9.56. The van der Waals surface area contributed by atoms with Crippen molar-refractivity contribution in [2.24, 2.45) is 0 Å². The summed E-state index contributed by atoms with van der Waals surface area (Å²) in [5, 5.41) is 11.7. The molecule has 1 amide bonds. The molecule has 0 aliphatic heterocycles. The molecule has 2 N–H and O–H groups in total. The van der Waals surface area contributed by atoms with Crippen LogP contribution in [0.4, 0.5) is 5.69 Å². The zero-order valence-corrected chi connectivity index (χ0v) is 11.2. The van der Waals surface area contributed by atoms with Gasteiger partial charge in [-0.25, -0.2) is 4.79 Å². The smallest absolute Gasteiger partial charge is 0.335 e. The van der Waals surface area contributed by atoms with Crippen LogP contribution in [-0.4, -0.2) is 17.0 Å². The summed E-state index contributed by atoms with van der Waals surface area (Å²) in [5.74, 6) is -1.27. The lowest BCUT2D eigenvalue weighted by Crippen LogP contribution is -2.14. The fraction of sp³-hybridized carbons (Fsp3) is 0.0667. The maximum Gasteiger partial charge on any atom is 0.335 e. The maximum absolute atomic E-state index is 11.9. The van der Waals surface area contributed by atoms with E-state index < -0.39 is 5.97 Å². The molecule has 102 valence electrons. The van der Waals surface area contributed by atoms with Crippen molar-refractivity contribution in [2.75, 3.05) is 5.32 Å². The predicted octanol–water partition coefficient (Wildman–Crippen LogP) is 3.22. The number of rotatable bonds is 4. The van der Waals surface area contributed by atoms with Gasteiger partial charge in [0.15, 0.2) is 0 Å². The summed E-state index contributed by atoms with van der Waals surface area (Å²) < 4.78 is 0. The van der Waals surface area contributed by atoms with Crippen LogP contribution in [-0.2, 0) is 11.2 Å². The van der Waals surface area contributed by atoms with E-state index in [-0.39, 0.29) is 22.9 Å². The fourth-order valence-corrected chi connectivity index (χ4v) is 1.95. The second kappa shape index (κ2) is 6.21. The summed E-state index contributed by atoms with van der Waals surface area (Å²) >= 11 is 5.94. The first kappa shape index (κ1) is 14.1. The lowest BCUT2D eigenvalue weighted by Gasteiger charge is -2.08. The number of carbonyl (C=O) groups is 2. The Morgan fingerprint density at radius 3 is 2.40 bits per heavy atom. The highest BCUT2D eigenvalue weighted by Crippen LogP contribution is 2.23. The Bertz CT molecular complexity index is 641. The van der Waals surface area contributed by atoms with Gasteiger partial charge >= 0.3 is 5.97 Å². The molecule has 0 atom stereocenters. The molecule has 2 aromatic carbocycles. The van der Waals surface area contributed by atoms with Crippen molar-refractivity contribution < 1.29 is 14.7 Å². The monoisotopic (exact) mass is 289 g/mol. The van der Waals surface area contributed by atoms with Gasteiger partial charge in [0.05, 0.1) is 22.7 Å². The maximum atomic E-state index is 11.9. The van der Waals surface area contributed by atoms with E-state index in [1.165, 1.54) is 18.2 Å². The van der Waals surface area contributed by atoms with Crippen molar-refractivity contribution >= 4 is 29.2 Å². The van der Waals surface area contributed by atoms with Gasteiger partial charge in [-0.1, -0.05) is 41.9 Å². The van der Waals surface area contributed by atoms with E-state index >= 15 is 0 Å². The molecular weight excluding hydrogens is 278 g/mol. The number of carbonyl (C=O) groups excluding carboxylic acids is 1. The Kier molecular flexibility index (Phi) is 4.38. The Morgan fingerprint density at radius 2 is 1.80 bits per heavy atom. The molecule has 0 heterocycles. The Hall–Kier alpha value is -2.33. The largest absolute Gasteiger partial charge is 0.478 e. The van der Waals surface area contributed by atoms with Gasteiger partial charge in [-0.15, -0.1) is 0 Å². The van der Waals surface area contributed by atoms with E-state index in [4.69, 9.17) is 16.7 Å². The number of hydrogen-bond donors (Lipinski definition) is 2. The zero-order valence-electron chi connectivity index (χ0n) is 10.5. The number of nitrogens with one attached hydrogen (secondary N) is 1. The third kappa shape index (κ3) is 3.59. The minimum atomic E-state index is -1.06. The van der Waals surface area contributed by atoms with Crippen LogP contribution in [0.15, 0.2) is 48.5 Å². The van der Waals surface area contributed by atoms with Gasteiger partial charge in [0.1, 0.15) is 0 Å². The molecule has 0 fully saturated rings. The highest BCUT2D eigenvalue weighted by atomic mass is 35.5. The van der Waals surface area contributed by atoms with Crippen molar-refractivity contribution in [1.29, 1.82) is 0 Å². The molecule has 0 aliphatic carbocycles. The number of benzene rings is 2. The zero-order chi connectivity index (χ0) is 14.5. The van der Waals surface area contributed by atoms with Gasteiger partial charge in [0, 0.05) is 0 Å². The van der Waals surface area contributed by atoms with Gasteiger partial charge in [-0.05, 0) is 23.8 Å². The van der Waals surface area contributed by atoms with Gasteiger partial charge < -0.3 is 10.4 Å². The van der Waals surface area contributed by atoms with Crippen LogP contribution in [0.25, 0.3) is 0 Å². The van der Waals surface area contributed by atoms with Gasteiger partial charge in [0.2, 0.25) is 5.91 Å². The Balaban J connectivity index is 2.06. The topological polar surface area (TPSA) is 66.4 Å². The quantitative estimate of drug-likeness (QED) is 0.908. The van der Waals surface area contributed by atoms with Crippen LogP contribution < -0.4 is 5.32 Å². The summed E-state index contributed by atoms with van der Waals surface area (Å²) in [5.41, 5.74) is 1.37. The lowest BCUT2D eigenvalue weighted by molar-refractivity contribution is -0.115. The summed E-state index contributed by atoms with van der Waals surface area (Å²) in [7, 11) is 0. The molecule has 20 heavy (non-hydrogen) atoms. The van der Waals surface area contributed by atoms with E-state index in [2.05, 4.69) is 5.32 Å². The molecule has 0 aliphatic rings. The number of amides is 1. The SMILES string of the molecule is O=C(Cc1ccccc1)Nc1ccc(C(=O)O)cc1Cl. The van der Waals surface area contributed by atoms with Crippen molar-refractivity contribution in [1.82, 2.24) is 0 Å². The van der Waals surface area contributed by atoms with Crippen LogP contribution >= 0.6 is 11.6 Å². The molecule has 5 heteroatoms. The van der Waals surface area contributed by atoms with E-state index in [1.54, 1.807) is 0 Å². The number of carboxylic acid groups (broad SMARTS) is 1. The average Bonchev–Trinajstić information content (AvgIpc) is 2.42. The molecule has 0 spiro atoms. The van der Waals surface area contributed by atoms with Crippen LogP contribution in [0.1, 0.15) is 15.9 Å². The molecule has 0 unspecified atom stereocenters. The van der Waals surface area contributed by atoms with Crippen molar-refractivity contribution in [3.63, 3.8) is 0 Å². The van der Waals surface area contributed by atoms with E-state index in [0.717, 1.165) is 5.56 Å². The summed E-state index contributed by atoms with van der Waals surface area (Å²) in [6.45, 7) is 0. The van der Waals surface area contributed by atoms with Crippen LogP contribution in [0.2, 0.25) is 5.02 Å². The molecule has 4 nitrogen and oxygen atoms in total. The Morgan fingerprint density at radius 1 is 1.10 bits per heavy atom. The number of halogens is 1. The van der Waals surface area contributed by atoms with E-state index in [9.17, 15) is 9.59 Å². The third-order valence-corrected chi connectivity index (χ3v) is 3.01. The summed E-state index contributed by atoms with van der Waals surface area (Å²) in [6.07, 6.45) is 0.234. The molecule has 2 rings (SSSR count). The normalized spacial score (nSPS) is 10.1. The number of anilines is 1. The molecular formula is C15H12ClNO3. The lowest BCUT2D eigenvalue weighted by atomic mass is 10.1. The molecule has 0 aromatic heterocycles. The minimum Gasteiger partial charge on any atom is -0.478 e. The van der Waals surface area contributed by atoms with Gasteiger partial charge in [0.25, 0.3) is 0 Å². The van der Waals surface area contributed by atoms with Crippen molar-refractivity contribution in [3.8, 4) is 0 Å². The highest BCUT2D eigenvalue weighted by Gasteiger charge is 2.10. The van der Waals surface area contributed by atoms with Gasteiger partial charge in [-0.3, -0.25) is 4.79 Å². The average molecular weight is 290 g/mol. The second-order valence-electron chi connectivity index (χ2n) is 4.21. The first-order valence-electron chi connectivity index (χ1n) is 5.93. The fourth-order valence-electron chi connectivity index (χ4n) is 1.73. The predicted molar refractivity (Wildman–Crippen MR) is 77.2 cm³/mol. The molecule has 2 aromatic rings. The molecule has 0 radical (unpaired) electrons. The van der Waals surface area contributed by atoms with Crippen LogP contribution in [0, 0.1) is 0 Å². The minimum absolute atomic E-state index is 0.0797. The van der Waals surface area contributed by atoms with Crippen LogP contribution in [0.5, 0.6) is 0 Å². The number of carboxylic acids is 1. The first-order valence-corrected chi connectivity index (χ1v) is 6.30. The number of hydrogen-bond acceptors (Lipinski definition) is 2. The standard InChI is InChI=1S/C15H12ClNO3/c16-12-9-11(15(19)20)6-7-13(12)17-14(18)8-10-4-2-1-3-5-10/h1-7,9H,8H2,(H,17,18)(H,19,20). The summed E-state index contributed by atoms with van der Waals surface area (Å²) in [4.78, 5) is 22.6. The third-order valence-electron chi connectivity index (χ3n) is 2.70. The van der Waals surface area contributed by atoms with E-state index in [1.807, 2.05) is 30.3 Å². The molecule has 0 saturated heterocycles. The summed E-state index contributed by atoms with van der Waals surface area (Å²) in [6, 6.07) is 13.5. The Labute approximate surface area is 121 Å². The van der Waals surface area contributed by atoms with Gasteiger partial charge in [-0.2, -0.15) is 0 Å². The molecule has 0 saturated carbocycles. The van der Waals surface area contributed by atoms with Crippen molar-refractivity contribution in [2.45, 2.75) is 6.42 Å². The number of aromatic carboxylic acids is 1.